The molecule has 1 fully saturated rings. The van der Waals surface area contributed by atoms with Crippen molar-refractivity contribution in [3.05, 3.63) is 53.6 Å². The van der Waals surface area contributed by atoms with Crippen molar-refractivity contribution in [1.82, 2.24) is 10.6 Å². The van der Waals surface area contributed by atoms with Crippen LogP contribution in [0.1, 0.15) is 41.3 Å². The maximum atomic E-state index is 12.1. The van der Waals surface area contributed by atoms with Gasteiger partial charge in [-0.15, -0.1) is 0 Å². The Hall–Kier alpha value is -3.35. The van der Waals surface area contributed by atoms with E-state index in [0.29, 0.717) is 11.1 Å². The van der Waals surface area contributed by atoms with Gasteiger partial charge in [0.2, 0.25) is 10.0 Å². The first-order valence-corrected chi connectivity index (χ1v) is 13.5. The fourth-order valence-corrected chi connectivity index (χ4v) is 4.55. The molecule has 0 spiro atoms. The molecule has 1 amide bonds. The van der Waals surface area contributed by atoms with Gasteiger partial charge >= 0.3 is 5.97 Å². The minimum Gasteiger partial charge on any atom is -0.506 e. The van der Waals surface area contributed by atoms with Crippen LogP contribution in [0.15, 0.2) is 42.5 Å². The molecule has 0 aromatic heterocycles. The van der Waals surface area contributed by atoms with Crippen molar-refractivity contribution < 1.29 is 33.3 Å². The first kappa shape index (κ1) is 27.2. The largest absolute Gasteiger partial charge is 0.506 e. The number of carboxylic acid groups (broad SMARTS) is 1. The van der Waals surface area contributed by atoms with Gasteiger partial charge in [-0.2, -0.15) is 0 Å². The molecule has 2 aromatic rings. The monoisotopic (exact) mass is 520 g/mol. The van der Waals surface area contributed by atoms with Gasteiger partial charge in [-0.05, 0) is 54.8 Å². The molecule has 6 N–H and O–H groups in total. The number of nitrogens with zero attached hydrogens (tertiary/aromatic N) is 1. The number of benzene rings is 2. The number of amides is 1. The summed E-state index contributed by atoms with van der Waals surface area (Å²) in [6.45, 7) is 1.94. The van der Waals surface area contributed by atoms with Crippen molar-refractivity contribution in [3.63, 3.8) is 0 Å². The third kappa shape index (κ3) is 8.11. The van der Waals surface area contributed by atoms with Crippen LogP contribution in [-0.4, -0.2) is 74.1 Å². The lowest BCUT2D eigenvalue weighted by molar-refractivity contribution is -0.136. The molecule has 196 valence electrons. The van der Waals surface area contributed by atoms with Crippen LogP contribution in [0.25, 0.3) is 0 Å². The molecule has 36 heavy (non-hydrogen) atoms. The van der Waals surface area contributed by atoms with Crippen molar-refractivity contribution in [3.8, 4) is 5.75 Å². The molecule has 1 aliphatic heterocycles. The smallest absolute Gasteiger partial charge is 0.305 e. The lowest BCUT2D eigenvalue weighted by Crippen LogP contribution is -2.43. The minimum absolute atomic E-state index is 0.0196. The van der Waals surface area contributed by atoms with Crippen molar-refractivity contribution >= 4 is 33.3 Å². The molecular weight excluding hydrogens is 488 g/mol. The van der Waals surface area contributed by atoms with E-state index in [2.05, 4.69) is 20.3 Å². The number of hydrogen-bond donors (Lipinski definition) is 6. The molecule has 1 unspecified atom stereocenters. The van der Waals surface area contributed by atoms with E-state index in [1.165, 1.54) is 12.1 Å². The second kappa shape index (κ2) is 12.1. The quantitative estimate of drug-likeness (QED) is 0.239. The van der Waals surface area contributed by atoms with Gasteiger partial charge in [-0.1, -0.05) is 6.07 Å². The number of piperidine rings is 1. The summed E-state index contributed by atoms with van der Waals surface area (Å²) in [5.41, 5.74) is 1.96. The maximum absolute atomic E-state index is 12.1. The van der Waals surface area contributed by atoms with Crippen molar-refractivity contribution in [1.29, 1.82) is 0 Å². The molecular formula is C24H32N4O7S. The Balaban J connectivity index is 1.46. The number of aromatic hydroxyl groups is 1. The van der Waals surface area contributed by atoms with E-state index in [1.54, 1.807) is 18.2 Å². The SMILES string of the molecule is CS(=O)(=O)Nc1cc(C(O)CNC2CCN(c3ccc(C(=O)NCCC(=O)O)cc3)CC2)ccc1O. The summed E-state index contributed by atoms with van der Waals surface area (Å²) in [4.78, 5) is 24.9. The number of aliphatic carboxylic acids is 1. The summed E-state index contributed by atoms with van der Waals surface area (Å²) >= 11 is 0. The van der Waals surface area contributed by atoms with E-state index >= 15 is 0 Å². The topological polar surface area (TPSA) is 168 Å². The fourth-order valence-electron chi connectivity index (χ4n) is 3.99. The number of carbonyl (C=O) groups excluding carboxylic acids is 1. The van der Waals surface area contributed by atoms with E-state index in [1.807, 2.05) is 12.1 Å². The van der Waals surface area contributed by atoms with Crippen LogP contribution in [0.5, 0.6) is 5.75 Å². The predicted octanol–water partition coefficient (Wildman–Crippen LogP) is 1.26. The van der Waals surface area contributed by atoms with Crippen molar-refractivity contribution in [2.24, 2.45) is 0 Å². The lowest BCUT2D eigenvalue weighted by atomic mass is 10.0. The van der Waals surface area contributed by atoms with Gasteiger partial charge in [0, 0.05) is 43.5 Å². The highest BCUT2D eigenvalue weighted by molar-refractivity contribution is 7.92. The summed E-state index contributed by atoms with van der Waals surface area (Å²) in [5, 5.41) is 35.0. The molecule has 1 heterocycles. The van der Waals surface area contributed by atoms with Gasteiger partial charge in [0.05, 0.1) is 24.5 Å². The Morgan fingerprint density at radius 1 is 1.11 bits per heavy atom. The Bertz CT molecular complexity index is 1160. The van der Waals surface area contributed by atoms with Crippen molar-refractivity contribution in [2.75, 3.05) is 42.1 Å². The van der Waals surface area contributed by atoms with Crippen molar-refractivity contribution in [2.45, 2.75) is 31.4 Å². The highest BCUT2D eigenvalue weighted by Crippen LogP contribution is 2.28. The number of phenolic OH excluding ortho intramolecular Hbond substituents is 1. The van der Waals surface area contributed by atoms with E-state index in [0.717, 1.165) is 37.9 Å². The Kier molecular flexibility index (Phi) is 9.13. The van der Waals surface area contributed by atoms with Crippen LogP contribution < -0.4 is 20.3 Å². The van der Waals surface area contributed by atoms with Gasteiger partial charge < -0.3 is 30.9 Å². The molecule has 1 aliphatic rings. The number of rotatable bonds is 11. The Labute approximate surface area is 210 Å². The number of aliphatic hydroxyl groups is 1. The molecule has 0 radical (unpaired) electrons. The van der Waals surface area contributed by atoms with Gasteiger partial charge in [-0.25, -0.2) is 8.42 Å². The van der Waals surface area contributed by atoms with Gasteiger partial charge in [0.25, 0.3) is 5.91 Å². The predicted molar refractivity (Wildman–Crippen MR) is 136 cm³/mol. The standard InChI is InChI=1S/C24H32N4O7S/c1-36(34,35)27-20-14-17(4-7-21(20)29)22(30)15-26-18-9-12-28(13-10-18)19-5-2-16(3-6-19)24(33)25-11-8-23(31)32/h2-7,14,18,22,26-27,29-30H,8-13,15H2,1H3,(H,25,33)(H,31,32). The number of anilines is 2. The van der Waals surface area contributed by atoms with Gasteiger partial charge in [0.1, 0.15) is 5.75 Å². The molecule has 1 saturated heterocycles. The fraction of sp³-hybridized carbons (Fsp3) is 0.417. The van der Waals surface area contributed by atoms with E-state index in [9.17, 15) is 28.2 Å². The summed E-state index contributed by atoms with van der Waals surface area (Å²) < 4.78 is 25.2. The molecule has 2 aromatic carbocycles. The van der Waals surface area contributed by atoms with Crippen LogP contribution in [0.2, 0.25) is 0 Å². The average Bonchev–Trinajstić information content (AvgIpc) is 2.83. The summed E-state index contributed by atoms with van der Waals surface area (Å²) in [7, 11) is -3.56. The van der Waals surface area contributed by atoms with Crippen LogP contribution in [0, 0.1) is 0 Å². The molecule has 0 bridgehead atoms. The molecule has 3 rings (SSSR count). The lowest BCUT2D eigenvalue weighted by Gasteiger charge is -2.34. The van der Waals surface area contributed by atoms with Gasteiger partial charge in [-0.3, -0.25) is 14.3 Å². The van der Waals surface area contributed by atoms with E-state index < -0.39 is 22.1 Å². The first-order chi connectivity index (χ1) is 17.0. The molecule has 12 heteroatoms. The number of carbonyl (C=O) groups is 2. The van der Waals surface area contributed by atoms with Crippen LogP contribution in [-0.2, 0) is 14.8 Å². The molecule has 11 nitrogen and oxygen atoms in total. The van der Waals surface area contributed by atoms with Gasteiger partial charge in [0.15, 0.2) is 0 Å². The highest BCUT2D eigenvalue weighted by atomic mass is 32.2. The maximum Gasteiger partial charge on any atom is 0.305 e. The van der Waals surface area contributed by atoms with E-state index in [-0.39, 0.29) is 42.9 Å². The Morgan fingerprint density at radius 2 is 1.78 bits per heavy atom. The number of nitrogens with one attached hydrogen (secondary N) is 3. The zero-order valence-electron chi connectivity index (χ0n) is 20.0. The second-order valence-corrected chi connectivity index (χ2v) is 10.5. The normalized spacial score (nSPS) is 15.3. The van der Waals surface area contributed by atoms with Crippen LogP contribution in [0.3, 0.4) is 0 Å². The minimum atomic E-state index is -3.56. The average molecular weight is 521 g/mol. The summed E-state index contributed by atoms with van der Waals surface area (Å²) in [6.07, 6.45) is 1.68. The second-order valence-electron chi connectivity index (χ2n) is 8.78. The molecule has 1 atom stereocenters. The molecule has 0 saturated carbocycles. The highest BCUT2D eigenvalue weighted by Gasteiger charge is 2.21. The third-order valence-electron chi connectivity index (χ3n) is 5.91. The summed E-state index contributed by atoms with van der Waals surface area (Å²) in [5.74, 6) is -1.49. The summed E-state index contributed by atoms with van der Waals surface area (Å²) in [6, 6.07) is 11.7. The van der Waals surface area contributed by atoms with Crippen LogP contribution in [0.4, 0.5) is 11.4 Å². The van der Waals surface area contributed by atoms with E-state index in [4.69, 9.17) is 5.11 Å². The number of phenols is 1. The number of hydrogen-bond acceptors (Lipinski definition) is 8. The zero-order chi connectivity index (χ0) is 26.3. The third-order valence-corrected chi connectivity index (χ3v) is 6.51. The Morgan fingerprint density at radius 3 is 2.39 bits per heavy atom. The van der Waals surface area contributed by atoms with Crippen LogP contribution >= 0.6 is 0 Å². The number of sulfonamides is 1. The number of aliphatic hydroxyl groups excluding tert-OH is 1. The molecule has 0 aliphatic carbocycles. The number of carboxylic acids is 1. The first-order valence-electron chi connectivity index (χ1n) is 11.6. The zero-order valence-corrected chi connectivity index (χ0v) is 20.8.